The summed E-state index contributed by atoms with van der Waals surface area (Å²) in [6.07, 6.45) is -2.63. The highest BCUT2D eigenvalue weighted by molar-refractivity contribution is 5.79. The number of fused-ring (bicyclic) bond motifs is 1. The average molecular weight is 351 g/mol. The first-order valence-corrected chi connectivity index (χ1v) is 7.87. The molecule has 0 saturated carbocycles. The third-order valence-corrected chi connectivity index (χ3v) is 3.98. The molecular weight excluding hydrogens is 339 g/mol. The van der Waals surface area contributed by atoms with Crippen molar-refractivity contribution in [2.75, 3.05) is 0 Å². The summed E-state index contributed by atoms with van der Waals surface area (Å²) < 4.78 is 38.1. The summed E-state index contributed by atoms with van der Waals surface area (Å²) in [7, 11) is 0. The second-order valence-electron chi connectivity index (χ2n) is 5.74. The highest BCUT2D eigenvalue weighted by Gasteiger charge is 2.30. The van der Waals surface area contributed by atoms with Gasteiger partial charge in [0.1, 0.15) is 5.69 Å². The fourth-order valence-corrected chi connectivity index (χ4v) is 2.65. The Hall–Kier alpha value is -3.28. The van der Waals surface area contributed by atoms with Gasteiger partial charge in [0.2, 0.25) is 0 Å². The summed E-state index contributed by atoms with van der Waals surface area (Å²) in [5.41, 5.74) is 1.84. The quantitative estimate of drug-likeness (QED) is 0.487. The zero-order chi connectivity index (χ0) is 18.1. The van der Waals surface area contributed by atoms with E-state index in [2.05, 4.69) is 15.0 Å². The van der Waals surface area contributed by atoms with Crippen LogP contribution >= 0.6 is 0 Å². The maximum atomic E-state index is 12.7. The molecule has 2 aromatic heterocycles. The molecule has 0 aliphatic carbocycles. The number of hydrogen-bond acceptors (Lipinski definition) is 3. The van der Waals surface area contributed by atoms with Gasteiger partial charge in [0.15, 0.2) is 5.82 Å². The second kappa shape index (κ2) is 6.22. The number of alkyl halides is 3. The largest absolute Gasteiger partial charge is 0.416 e. The van der Waals surface area contributed by atoms with Crippen LogP contribution in [0.5, 0.6) is 0 Å². The number of hydrogen-bond donors (Lipinski definition) is 0. The van der Waals surface area contributed by atoms with Crippen molar-refractivity contribution in [2.45, 2.75) is 6.18 Å². The van der Waals surface area contributed by atoms with E-state index in [0.717, 1.165) is 23.0 Å². The van der Waals surface area contributed by atoms with E-state index in [1.54, 1.807) is 24.4 Å². The second-order valence-corrected chi connectivity index (χ2v) is 5.74. The molecule has 2 aromatic carbocycles. The van der Waals surface area contributed by atoms with Crippen LogP contribution in [0.4, 0.5) is 13.2 Å². The lowest BCUT2D eigenvalue weighted by atomic mass is 10.1. The molecule has 0 amide bonds. The van der Waals surface area contributed by atoms with Crippen molar-refractivity contribution in [2.24, 2.45) is 0 Å². The predicted octanol–water partition coefficient (Wildman–Crippen LogP) is 5.38. The Bertz CT molecular complexity index is 1070. The van der Waals surface area contributed by atoms with Crippen LogP contribution in [-0.2, 0) is 6.18 Å². The van der Waals surface area contributed by atoms with Gasteiger partial charge in [-0.1, -0.05) is 36.4 Å². The van der Waals surface area contributed by atoms with Crippen molar-refractivity contribution >= 4 is 10.9 Å². The Kier molecular flexibility index (Phi) is 3.88. The van der Waals surface area contributed by atoms with Crippen LogP contribution in [0, 0.1) is 0 Å². The molecule has 0 radical (unpaired) electrons. The molecule has 0 saturated heterocycles. The number of halogens is 3. The minimum atomic E-state index is -4.35. The Morgan fingerprint density at radius 2 is 1.42 bits per heavy atom. The monoisotopic (exact) mass is 351 g/mol. The molecule has 0 aliphatic rings. The van der Waals surface area contributed by atoms with Gasteiger partial charge in [0.05, 0.1) is 16.8 Å². The van der Waals surface area contributed by atoms with E-state index >= 15 is 0 Å². The van der Waals surface area contributed by atoms with Crippen molar-refractivity contribution in [3.63, 3.8) is 0 Å². The molecule has 0 atom stereocenters. The van der Waals surface area contributed by atoms with E-state index in [9.17, 15) is 13.2 Å². The van der Waals surface area contributed by atoms with E-state index in [1.165, 1.54) is 12.1 Å². The molecular formula is C20H12F3N3. The van der Waals surface area contributed by atoms with Crippen LogP contribution in [-0.4, -0.2) is 15.0 Å². The maximum Gasteiger partial charge on any atom is 0.416 e. The molecule has 0 bridgehead atoms. The summed E-state index contributed by atoms with van der Waals surface area (Å²) in [6, 6.07) is 17.9. The zero-order valence-corrected chi connectivity index (χ0v) is 13.4. The topological polar surface area (TPSA) is 38.7 Å². The summed E-state index contributed by atoms with van der Waals surface area (Å²) in [5, 5.41) is 0.926. The minimum absolute atomic E-state index is 0.470. The number of nitrogens with zero attached hydrogens (tertiary/aromatic N) is 3. The smallest absolute Gasteiger partial charge is 0.244 e. The number of para-hydroxylation sites is 1. The molecule has 4 aromatic rings. The molecule has 0 N–H and O–H groups in total. The van der Waals surface area contributed by atoms with Gasteiger partial charge in [-0.05, 0) is 30.3 Å². The highest BCUT2D eigenvalue weighted by Crippen LogP contribution is 2.31. The van der Waals surface area contributed by atoms with Crippen molar-refractivity contribution in [1.29, 1.82) is 0 Å². The third kappa shape index (κ3) is 3.13. The predicted molar refractivity (Wildman–Crippen MR) is 93.2 cm³/mol. The van der Waals surface area contributed by atoms with Gasteiger partial charge in [-0.3, -0.25) is 0 Å². The minimum Gasteiger partial charge on any atom is -0.244 e. The van der Waals surface area contributed by atoms with Crippen molar-refractivity contribution in [3.05, 3.63) is 78.5 Å². The lowest BCUT2D eigenvalue weighted by molar-refractivity contribution is -0.137. The van der Waals surface area contributed by atoms with Crippen LogP contribution in [0.2, 0.25) is 0 Å². The number of rotatable bonds is 2. The zero-order valence-electron chi connectivity index (χ0n) is 13.4. The number of benzene rings is 2. The molecule has 128 valence electrons. The molecule has 6 heteroatoms. The van der Waals surface area contributed by atoms with Crippen LogP contribution in [0.15, 0.2) is 72.9 Å². The standard InChI is InChI=1S/C20H12F3N3/c21-20(22,23)15-10-8-13(9-11-15)16-6-3-7-18(25-16)19-24-12-14-4-1-2-5-17(14)26-19/h1-12H. The van der Waals surface area contributed by atoms with Crippen LogP contribution in [0.25, 0.3) is 33.7 Å². The van der Waals surface area contributed by atoms with Crippen molar-refractivity contribution < 1.29 is 13.2 Å². The summed E-state index contributed by atoms with van der Waals surface area (Å²) in [5.74, 6) is 0.470. The SMILES string of the molecule is FC(F)(F)c1ccc(-c2cccc(-c3ncc4ccccc4n3)n2)cc1. The van der Waals surface area contributed by atoms with Gasteiger partial charge >= 0.3 is 6.18 Å². The Labute approximate surface area is 147 Å². The van der Waals surface area contributed by atoms with Gasteiger partial charge < -0.3 is 0 Å². The molecule has 0 fully saturated rings. The van der Waals surface area contributed by atoms with Gasteiger partial charge in [0, 0.05) is 17.1 Å². The van der Waals surface area contributed by atoms with Crippen LogP contribution < -0.4 is 0 Å². The van der Waals surface area contributed by atoms with E-state index < -0.39 is 11.7 Å². The highest BCUT2D eigenvalue weighted by atomic mass is 19.4. The third-order valence-electron chi connectivity index (χ3n) is 3.98. The van der Waals surface area contributed by atoms with E-state index in [1.807, 2.05) is 24.3 Å². The van der Waals surface area contributed by atoms with Crippen molar-refractivity contribution in [3.8, 4) is 22.8 Å². The molecule has 0 aliphatic heterocycles. The molecule has 26 heavy (non-hydrogen) atoms. The lowest BCUT2D eigenvalue weighted by Gasteiger charge is -2.08. The Morgan fingerprint density at radius 3 is 2.19 bits per heavy atom. The summed E-state index contributed by atoms with van der Waals surface area (Å²) in [6.45, 7) is 0. The fourth-order valence-electron chi connectivity index (χ4n) is 2.65. The normalized spacial score (nSPS) is 11.7. The Morgan fingerprint density at radius 1 is 0.692 bits per heavy atom. The van der Waals surface area contributed by atoms with E-state index in [0.29, 0.717) is 22.8 Å². The summed E-state index contributed by atoms with van der Waals surface area (Å²) in [4.78, 5) is 13.3. The van der Waals surface area contributed by atoms with Crippen LogP contribution in [0.3, 0.4) is 0 Å². The first-order valence-electron chi connectivity index (χ1n) is 7.87. The molecule has 0 spiro atoms. The van der Waals surface area contributed by atoms with Crippen LogP contribution in [0.1, 0.15) is 5.56 Å². The van der Waals surface area contributed by atoms with Gasteiger partial charge in [-0.2, -0.15) is 13.2 Å². The van der Waals surface area contributed by atoms with Crippen molar-refractivity contribution in [1.82, 2.24) is 15.0 Å². The first kappa shape index (κ1) is 16.2. The number of aromatic nitrogens is 3. The molecule has 4 rings (SSSR count). The lowest BCUT2D eigenvalue weighted by Crippen LogP contribution is -2.04. The number of pyridine rings is 1. The van der Waals surface area contributed by atoms with E-state index in [-0.39, 0.29) is 0 Å². The first-order chi connectivity index (χ1) is 12.5. The molecule has 3 nitrogen and oxygen atoms in total. The molecule has 0 unspecified atom stereocenters. The van der Waals surface area contributed by atoms with Gasteiger partial charge in [0.25, 0.3) is 0 Å². The fraction of sp³-hybridized carbons (Fsp3) is 0.0500. The molecule has 2 heterocycles. The van der Waals surface area contributed by atoms with Gasteiger partial charge in [-0.15, -0.1) is 0 Å². The Balaban J connectivity index is 1.72. The van der Waals surface area contributed by atoms with Gasteiger partial charge in [-0.25, -0.2) is 15.0 Å². The van der Waals surface area contributed by atoms with E-state index in [4.69, 9.17) is 0 Å². The maximum absolute atomic E-state index is 12.7. The summed E-state index contributed by atoms with van der Waals surface area (Å²) >= 11 is 0. The average Bonchev–Trinajstić information content (AvgIpc) is 2.67.